The molecular formula is C14H12BrN3O. The maximum atomic E-state index is 8.75. The van der Waals surface area contributed by atoms with Crippen LogP contribution in [0, 0.1) is 18.3 Å². The first-order chi connectivity index (χ1) is 9.13. The normalized spacial score (nSPS) is 10.0. The lowest BCUT2D eigenvalue weighted by molar-refractivity contribution is 0.416. The van der Waals surface area contributed by atoms with Crippen LogP contribution in [-0.2, 0) is 6.42 Å². The zero-order valence-corrected chi connectivity index (χ0v) is 12.2. The molecule has 0 saturated carbocycles. The van der Waals surface area contributed by atoms with Gasteiger partial charge in [0.1, 0.15) is 11.6 Å². The van der Waals surface area contributed by atoms with E-state index in [2.05, 4.69) is 32.0 Å². The Bertz CT molecular complexity index is 650. The highest BCUT2D eigenvalue weighted by molar-refractivity contribution is 9.10. The highest BCUT2D eigenvalue weighted by Crippen LogP contribution is 2.31. The first kappa shape index (κ1) is 13.5. The van der Waals surface area contributed by atoms with Crippen molar-refractivity contribution < 1.29 is 4.74 Å². The van der Waals surface area contributed by atoms with Crippen LogP contribution in [0.3, 0.4) is 0 Å². The van der Waals surface area contributed by atoms with E-state index in [-0.39, 0.29) is 6.42 Å². The van der Waals surface area contributed by atoms with Crippen LogP contribution in [0.2, 0.25) is 0 Å². The van der Waals surface area contributed by atoms with Crippen molar-refractivity contribution >= 4 is 15.9 Å². The fraction of sp³-hybridized carbons (Fsp3) is 0.214. The summed E-state index contributed by atoms with van der Waals surface area (Å²) in [5.41, 5.74) is 2.47. The van der Waals surface area contributed by atoms with Gasteiger partial charge in [0.2, 0.25) is 0 Å². The topological polar surface area (TPSA) is 58.8 Å². The molecule has 0 N–H and O–H groups in total. The van der Waals surface area contributed by atoms with Gasteiger partial charge in [0.15, 0.2) is 0 Å². The van der Waals surface area contributed by atoms with E-state index in [1.165, 1.54) is 0 Å². The van der Waals surface area contributed by atoms with Gasteiger partial charge in [0.05, 0.1) is 25.3 Å². The van der Waals surface area contributed by atoms with Crippen LogP contribution in [0.1, 0.15) is 11.5 Å². The van der Waals surface area contributed by atoms with Crippen LogP contribution in [-0.4, -0.2) is 17.1 Å². The molecular weight excluding hydrogens is 306 g/mol. The number of benzene rings is 1. The molecule has 0 bridgehead atoms. The van der Waals surface area contributed by atoms with Crippen molar-refractivity contribution in [1.82, 2.24) is 9.97 Å². The Morgan fingerprint density at radius 3 is 2.79 bits per heavy atom. The molecule has 1 aromatic heterocycles. The van der Waals surface area contributed by atoms with E-state index in [0.717, 1.165) is 27.2 Å². The van der Waals surface area contributed by atoms with Crippen LogP contribution >= 0.6 is 15.9 Å². The molecule has 1 heterocycles. The SMILES string of the molecule is COc1ccc(Br)cc1-c1cc(C)nc(CC#N)n1. The number of methoxy groups -OCH3 is 1. The number of nitrogens with zero attached hydrogens (tertiary/aromatic N) is 3. The molecule has 0 spiro atoms. The van der Waals surface area contributed by atoms with Crippen molar-refractivity contribution in [3.05, 3.63) is 40.3 Å². The molecule has 0 radical (unpaired) electrons. The molecule has 2 rings (SSSR count). The Morgan fingerprint density at radius 2 is 2.11 bits per heavy atom. The molecule has 0 atom stereocenters. The van der Waals surface area contributed by atoms with Gasteiger partial charge in [-0.05, 0) is 31.2 Å². The number of nitriles is 1. The number of ether oxygens (including phenoxy) is 1. The molecule has 0 saturated heterocycles. The van der Waals surface area contributed by atoms with Crippen LogP contribution in [0.25, 0.3) is 11.3 Å². The van der Waals surface area contributed by atoms with E-state index in [9.17, 15) is 0 Å². The largest absolute Gasteiger partial charge is 0.496 e. The second kappa shape index (κ2) is 5.81. The van der Waals surface area contributed by atoms with Crippen LogP contribution in [0.15, 0.2) is 28.7 Å². The van der Waals surface area contributed by atoms with Gasteiger partial charge in [0, 0.05) is 15.7 Å². The number of halogens is 1. The Hall–Kier alpha value is -1.93. The summed E-state index contributed by atoms with van der Waals surface area (Å²) in [7, 11) is 1.62. The van der Waals surface area contributed by atoms with E-state index >= 15 is 0 Å². The molecule has 0 unspecified atom stereocenters. The number of rotatable bonds is 3. The Kier molecular flexibility index (Phi) is 4.13. The van der Waals surface area contributed by atoms with Gasteiger partial charge in [-0.3, -0.25) is 0 Å². The lowest BCUT2D eigenvalue weighted by Gasteiger charge is -2.10. The van der Waals surface area contributed by atoms with Gasteiger partial charge in [-0.15, -0.1) is 0 Å². The van der Waals surface area contributed by atoms with Crippen LogP contribution < -0.4 is 4.74 Å². The standard InChI is InChI=1S/C14H12BrN3O/c1-9-7-12(18-14(17-9)5-6-16)11-8-10(15)3-4-13(11)19-2/h3-4,7-8H,5H2,1-2H3. The molecule has 0 amide bonds. The number of aromatic nitrogens is 2. The third-order valence-electron chi connectivity index (χ3n) is 2.58. The number of hydrogen-bond acceptors (Lipinski definition) is 4. The van der Waals surface area contributed by atoms with E-state index < -0.39 is 0 Å². The first-order valence-electron chi connectivity index (χ1n) is 5.69. The summed E-state index contributed by atoms with van der Waals surface area (Å²) in [5, 5.41) is 8.75. The minimum absolute atomic E-state index is 0.199. The van der Waals surface area contributed by atoms with Crippen molar-refractivity contribution in [2.45, 2.75) is 13.3 Å². The molecule has 96 valence electrons. The van der Waals surface area contributed by atoms with Crippen molar-refractivity contribution in [1.29, 1.82) is 5.26 Å². The van der Waals surface area contributed by atoms with Gasteiger partial charge < -0.3 is 4.74 Å². The van der Waals surface area contributed by atoms with Crippen molar-refractivity contribution in [2.24, 2.45) is 0 Å². The van der Waals surface area contributed by atoms with E-state index in [4.69, 9.17) is 10.00 Å². The Labute approximate surface area is 120 Å². The summed E-state index contributed by atoms with van der Waals surface area (Å²) in [6.07, 6.45) is 0.199. The van der Waals surface area contributed by atoms with Crippen LogP contribution in [0.4, 0.5) is 0 Å². The number of hydrogen-bond donors (Lipinski definition) is 0. The molecule has 1 aromatic carbocycles. The zero-order valence-electron chi connectivity index (χ0n) is 10.6. The van der Waals surface area contributed by atoms with Crippen molar-refractivity contribution in [2.75, 3.05) is 7.11 Å². The summed E-state index contributed by atoms with van der Waals surface area (Å²) in [6, 6.07) is 9.67. The Balaban J connectivity index is 2.58. The first-order valence-corrected chi connectivity index (χ1v) is 6.48. The summed E-state index contributed by atoms with van der Waals surface area (Å²) in [6.45, 7) is 1.89. The van der Waals surface area contributed by atoms with E-state index in [1.54, 1.807) is 7.11 Å². The maximum Gasteiger partial charge on any atom is 0.143 e. The number of aryl methyl sites for hydroxylation is 1. The molecule has 4 nitrogen and oxygen atoms in total. The zero-order chi connectivity index (χ0) is 13.8. The molecule has 0 fully saturated rings. The second-order valence-corrected chi connectivity index (χ2v) is 4.91. The van der Waals surface area contributed by atoms with Gasteiger partial charge in [0.25, 0.3) is 0 Å². The van der Waals surface area contributed by atoms with E-state index in [1.807, 2.05) is 31.2 Å². The second-order valence-electron chi connectivity index (χ2n) is 3.99. The summed E-state index contributed by atoms with van der Waals surface area (Å²) >= 11 is 3.44. The lowest BCUT2D eigenvalue weighted by Crippen LogP contribution is -1.99. The minimum Gasteiger partial charge on any atom is -0.496 e. The molecule has 0 aliphatic heterocycles. The molecule has 19 heavy (non-hydrogen) atoms. The fourth-order valence-corrected chi connectivity index (χ4v) is 2.16. The average molecular weight is 318 g/mol. The van der Waals surface area contributed by atoms with E-state index in [0.29, 0.717) is 5.82 Å². The molecule has 2 aromatic rings. The Morgan fingerprint density at radius 1 is 1.32 bits per heavy atom. The quantitative estimate of drug-likeness (QED) is 0.871. The fourth-order valence-electron chi connectivity index (χ4n) is 1.80. The summed E-state index contributed by atoms with van der Waals surface area (Å²) in [5.74, 6) is 1.27. The predicted molar refractivity (Wildman–Crippen MR) is 75.8 cm³/mol. The summed E-state index contributed by atoms with van der Waals surface area (Å²) in [4.78, 5) is 8.65. The highest BCUT2D eigenvalue weighted by atomic mass is 79.9. The predicted octanol–water partition coefficient (Wildman–Crippen LogP) is 3.29. The molecule has 0 aliphatic carbocycles. The van der Waals surface area contributed by atoms with Gasteiger partial charge >= 0.3 is 0 Å². The third-order valence-corrected chi connectivity index (χ3v) is 3.07. The third kappa shape index (κ3) is 3.09. The van der Waals surface area contributed by atoms with Crippen LogP contribution in [0.5, 0.6) is 5.75 Å². The van der Waals surface area contributed by atoms with Crippen molar-refractivity contribution in [3.8, 4) is 23.1 Å². The molecule has 0 aliphatic rings. The maximum absolute atomic E-state index is 8.75. The average Bonchev–Trinajstić information content (AvgIpc) is 2.38. The minimum atomic E-state index is 0.199. The smallest absolute Gasteiger partial charge is 0.143 e. The van der Waals surface area contributed by atoms with Gasteiger partial charge in [-0.2, -0.15) is 5.26 Å². The van der Waals surface area contributed by atoms with Gasteiger partial charge in [-0.25, -0.2) is 9.97 Å². The molecule has 5 heteroatoms. The highest BCUT2D eigenvalue weighted by Gasteiger charge is 2.10. The van der Waals surface area contributed by atoms with Crippen molar-refractivity contribution in [3.63, 3.8) is 0 Å². The summed E-state index contributed by atoms with van der Waals surface area (Å²) < 4.78 is 6.29. The van der Waals surface area contributed by atoms with Gasteiger partial charge in [-0.1, -0.05) is 15.9 Å². The monoisotopic (exact) mass is 317 g/mol. The lowest BCUT2D eigenvalue weighted by atomic mass is 10.1.